The van der Waals surface area contributed by atoms with E-state index in [1.807, 2.05) is 0 Å². The molecule has 6 nitrogen and oxygen atoms in total. The van der Waals surface area contributed by atoms with Gasteiger partial charge in [0.25, 0.3) is 5.91 Å². The van der Waals surface area contributed by atoms with Crippen LogP contribution in [0.15, 0.2) is 39.3 Å². The zero-order chi connectivity index (χ0) is 20.5. The second kappa shape index (κ2) is 8.39. The van der Waals surface area contributed by atoms with Crippen LogP contribution in [0.25, 0.3) is 11.6 Å². The number of carbonyl (C=O) groups is 2. The zero-order valence-electron chi connectivity index (χ0n) is 15.4. The summed E-state index contributed by atoms with van der Waals surface area (Å²) in [6.07, 6.45) is 1.74. The van der Waals surface area contributed by atoms with Gasteiger partial charge < -0.3 is 15.2 Å². The third kappa shape index (κ3) is 4.30. The minimum atomic E-state index is -0.224. The largest absolute Gasteiger partial charge is 0.506 e. The van der Waals surface area contributed by atoms with E-state index in [0.717, 1.165) is 18.7 Å². The van der Waals surface area contributed by atoms with E-state index < -0.39 is 0 Å². The molecule has 2 aromatic carbocycles. The lowest BCUT2D eigenvalue weighted by Crippen LogP contribution is -2.39. The van der Waals surface area contributed by atoms with Crippen LogP contribution in [0.5, 0.6) is 5.75 Å². The van der Waals surface area contributed by atoms with Gasteiger partial charge in [0, 0.05) is 35.5 Å². The molecule has 8 heteroatoms. The van der Waals surface area contributed by atoms with Crippen LogP contribution in [0, 0.1) is 0 Å². The number of anilines is 1. The fraction of sp³-hybridized carbons (Fsp3) is 0.238. The molecule has 4 rings (SSSR count). The van der Waals surface area contributed by atoms with Gasteiger partial charge in [0.15, 0.2) is 5.78 Å². The van der Waals surface area contributed by atoms with Crippen molar-refractivity contribution in [3.63, 3.8) is 0 Å². The number of nitrogens with zero attached hydrogens (tertiary/aromatic N) is 1. The molecule has 150 valence electrons. The molecule has 29 heavy (non-hydrogen) atoms. The Morgan fingerprint density at radius 2 is 1.86 bits per heavy atom. The summed E-state index contributed by atoms with van der Waals surface area (Å²) >= 11 is 6.61. The lowest BCUT2D eigenvalue weighted by atomic mass is 10.00. The topological polar surface area (TPSA) is 78.9 Å². The van der Waals surface area contributed by atoms with Gasteiger partial charge in [0.2, 0.25) is 0 Å². The summed E-state index contributed by atoms with van der Waals surface area (Å²) in [6, 6.07) is 8.74. The van der Waals surface area contributed by atoms with E-state index in [2.05, 4.69) is 42.1 Å². The molecule has 0 bridgehead atoms. The minimum Gasteiger partial charge on any atom is -0.506 e. The van der Waals surface area contributed by atoms with E-state index in [4.69, 9.17) is 4.74 Å². The number of phenolic OH excluding ortho intramolecular Hbond substituents is 1. The van der Waals surface area contributed by atoms with Crippen molar-refractivity contribution >= 4 is 60.9 Å². The smallest absolute Gasteiger partial charge is 0.256 e. The van der Waals surface area contributed by atoms with E-state index in [-0.39, 0.29) is 17.4 Å². The monoisotopic (exact) mass is 520 g/mol. The van der Waals surface area contributed by atoms with Crippen LogP contribution in [0.4, 0.5) is 5.69 Å². The van der Waals surface area contributed by atoms with Crippen molar-refractivity contribution in [2.45, 2.75) is 0 Å². The number of ether oxygens (including phenoxy) is 1. The number of nitrogens with one attached hydrogen (secondary N) is 1. The van der Waals surface area contributed by atoms with Crippen molar-refractivity contribution < 1.29 is 19.4 Å². The standard InChI is InChI=1S/C21H18Br2N2O4/c22-16-8-12(9-17(23)20(16)27)7-15-14-10-13(1-2-18(14)24-21(15)28)19(26)11-25-3-5-29-6-4-25/h1-2,7-10,27H,3-6,11H2,(H,24,28). The summed E-state index contributed by atoms with van der Waals surface area (Å²) in [7, 11) is 0. The van der Waals surface area contributed by atoms with Crippen molar-refractivity contribution in [2.24, 2.45) is 0 Å². The summed E-state index contributed by atoms with van der Waals surface area (Å²) < 4.78 is 6.37. The Hall–Kier alpha value is -2.00. The molecule has 2 heterocycles. The molecule has 0 radical (unpaired) electrons. The van der Waals surface area contributed by atoms with Gasteiger partial charge in [0.05, 0.1) is 28.7 Å². The Morgan fingerprint density at radius 1 is 1.17 bits per heavy atom. The third-order valence-electron chi connectivity index (χ3n) is 4.95. The molecule has 1 fully saturated rings. The van der Waals surface area contributed by atoms with E-state index in [1.165, 1.54) is 0 Å². The molecule has 0 saturated carbocycles. The maximum atomic E-state index is 12.7. The second-order valence-corrected chi connectivity index (χ2v) is 8.63. The fourth-order valence-corrected chi connectivity index (χ4v) is 4.62. The molecule has 0 unspecified atom stereocenters. The van der Waals surface area contributed by atoms with Crippen molar-refractivity contribution in [2.75, 3.05) is 38.2 Å². The Bertz CT molecular complexity index is 1010. The first-order chi connectivity index (χ1) is 13.9. The number of phenols is 1. The number of ketones is 1. The van der Waals surface area contributed by atoms with Gasteiger partial charge in [-0.05, 0) is 73.8 Å². The number of hydrogen-bond donors (Lipinski definition) is 2. The highest BCUT2D eigenvalue weighted by Crippen LogP contribution is 2.37. The molecule has 2 aliphatic rings. The third-order valence-corrected chi connectivity index (χ3v) is 6.15. The Kier molecular flexibility index (Phi) is 5.87. The van der Waals surface area contributed by atoms with Gasteiger partial charge in [-0.1, -0.05) is 0 Å². The van der Waals surface area contributed by atoms with Gasteiger partial charge in [-0.25, -0.2) is 0 Å². The van der Waals surface area contributed by atoms with E-state index in [9.17, 15) is 14.7 Å². The first kappa shape index (κ1) is 20.3. The highest BCUT2D eigenvalue weighted by molar-refractivity contribution is 9.11. The summed E-state index contributed by atoms with van der Waals surface area (Å²) in [5, 5.41) is 12.7. The van der Waals surface area contributed by atoms with Crippen LogP contribution >= 0.6 is 31.9 Å². The van der Waals surface area contributed by atoms with Crippen LogP contribution in [0.3, 0.4) is 0 Å². The number of benzene rings is 2. The van der Waals surface area contributed by atoms with Gasteiger partial charge >= 0.3 is 0 Å². The number of Topliss-reactive ketones (excluding diaryl/α,β-unsaturated/α-hetero) is 1. The van der Waals surface area contributed by atoms with Gasteiger partial charge in [0.1, 0.15) is 5.75 Å². The van der Waals surface area contributed by atoms with Crippen LogP contribution in [-0.2, 0) is 9.53 Å². The van der Waals surface area contributed by atoms with Crippen LogP contribution < -0.4 is 5.32 Å². The van der Waals surface area contributed by atoms with Gasteiger partial charge in [-0.2, -0.15) is 0 Å². The number of halogens is 2. The van der Waals surface area contributed by atoms with Crippen molar-refractivity contribution in [1.82, 2.24) is 4.90 Å². The van der Waals surface area contributed by atoms with Crippen LogP contribution in [0.1, 0.15) is 21.5 Å². The number of rotatable bonds is 4. The fourth-order valence-electron chi connectivity index (χ4n) is 3.39. The zero-order valence-corrected chi connectivity index (χ0v) is 18.5. The molecule has 2 aromatic rings. The molecule has 0 aliphatic carbocycles. The van der Waals surface area contributed by atoms with Crippen LogP contribution in [-0.4, -0.2) is 54.5 Å². The molecular weight excluding hydrogens is 504 g/mol. The van der Waals surface area contributed by atoms with Crippen molar-refractivity contribution in [3.05, 3.63) is 56.0 Å². The van der Waals surface area contributed by atoms with Crippen molar-refractivity contribution in [3.8, 4) is 5.75 Å². The molecular formula is C21H18Br2N2O4. The van der Waals surface area contributed by atoms with E-state index in [1.54, 1.807) is 36.4 Å². The molecule has 1 amide bonds. The number of carbonyl (C=O) groups excluding carboxylic acids is 2. The molecule has 1 saturated heterocycles. The highest BCUT2D eigenvalue weighted by atomic mass is 79.9. The summed E-state index contributed by atoms with van der Waals surface area (Å²) in [5.41, 5.74) is 3.17. The molecule has 0 spiro atoms. The number of aromatic hydroxyl groups is 1. The average Bonchev–Trinajstić information content (AvgIpc) is 3.01. The van der Waals surface area contributed by atoms with Crippen molar-refractivity contribution in [1.29, 1.82) is 0 Å². The SMILES string of the molecule is O=C1Nc2ccc(C(=O)CN3CCOCC3)cc2C1=Cc1cc(Br)c(O)c(Br)c1. The Morgan fingerprint density at radius 3 is 2.55 bits per heavy atom. The Labute approximate surface area is 184 Å². The summed E-state index contributed by atoms with van der Waals surface area (Å²) in [6.45, 7) is 3.10. The number of hydrogen-bond acceptors (Lipinski definition) is 5. The predicted molar refractivity (Wildman–Crippen MR) is 118 cm³/mol. The lowest BCUT2D eigenvalue weighted by Gasteiger charge is -2.25. The van der Waals surface area contributed by atoms with Gasteiger partial charge in [-0.15, -0.1) is 0 Å². The van der Waals surface area contributed by atoms with E-state index >= 15 is 0 Å². The molecule has 0 atom stereocenters. The summed E-state index contributed by atoms with van der Waals surface area (Å²) in [4.78, 5) is 27.3. The average molecular weight is 522 g/mol. The first-order valence-corrected chi connectivity index (χ1v) is 10.7. The lowest BCUT2D eigenvalue weighted by molar-refractivity contribution is -0.110. The maximum absolute atomic E-state index is 12.7. The quantitative estimate of drug-likeness (QED) is 0.471. The van der Waals surface area contributed by atoms with Gasteiger partial charge in [-0.3, -0.25) is 14.5 Å². The maximum Gasteiger partial charge on any atom is 0.256 e. The number of fused-ring (bicyclic) bond motifs is 1. The van der Waals surface area contributed by atoms with E-state index in [0.29, 0.717) is 51.1 Å². The molecule has 2 N–H and O–H groups in total. The number of amides is 1. The van der Waals surface area contributed by atoms with Crippen LogP contribution in [0.2, 0.25) is 0 Å². The summed E-state index contributed by atoms with van der Waals surface area (Å²) in [5.74, 6) is -0.110. The second-order valence-electron chi connectivity index (χ2n) is 6.92. The highest BCUT2D eigenvalue weighted by Gasteiger charge is 2.26. The molecule has 2 aliphatic heterocycles. The Balaban J connectivity index is 1.64. The number of morpholine rings is 1. The minimum absolute atomic E-state index is 0.0171. The molecule has 0 aromatic heterocycles. The predicted octanol–water partition coefficient (Wildman–Crippen LogP) is 3.92. The first-order valence-electron chi connectivity index (χ1n) is 9.11. The normalized spacial score (nSPS) is 18.0.